The summed E-state index contributed by atoms with van der Waals surface area (Å²) in [4.78, 5) is 0. The molecule has 0 spiro atoms. The Morgan fingerprint density at radius 2 is 1.37 bits per heavy atom. The van der Waals surface area contributed by atoms with E-state index in [2.05, 4.69) is 74.6 Å². The number of hydrogen-bond acceptors (Lipinski definition) is 1. The van der Waals surface area contributed by atoms with Gasteiger partial charge in [-0.25, -0.2) is 0 Å². The molecule has 1 nitrogen and oxygen atoms in total. The Kier molecular flexibility index (Phi) is 4.39. The van der Waals surface area contributed by atoms with Crippen molar-refractivity contribution in [2.24, 2.45) is 5.41 Å². The zero-order valence-electron chi connectivity index (χ0n) is 12.1. The third-order valence-corrected chi connectivity index (χ3v) is 3.05. The highest BCUT2D eigenvalue weighted by atomic mass is 14.9. The standard InChI is InChI=1S/C18H23N/c1-18(2,3)14-19-13-15-9-11-17(12-10-15)16-7-5-4-6-8-16/h4-12,19H,13-14H2,1-3H3. The van der Waals surface area contributed by atoms with Gasteiger partial charge < -0.3 is 5.32 Å². The first-order chi connectivity index (χ1) is 9.04. The van der Waals surface area contributed by atoms with Crippen LogP contribution in [0.15, 0.2) is 54.6 Å². The smallest absolute Gasteiger partial charge is 0.0205 e. The van der Waals surface area contributed by atoms with Crippen LogP contribution in [0.25, 0.3) is 11.1 Å². The molecule has 100 valence electrons. The predicted molar refractivity (Wildman–Crippen MR) is 83.0 cm³/mol. The molecule has 0 aliphatic rings. The summed E-state index contributed by atoms with van der Waals surface area (Å²) in [5.41, 5.74) is 4.23. The Balaban J connectivity index is 1.96. The number of nitrogens with one attached hydrogen (secondary N) is 1. The van der Waals surface area contributed by atoms with Gasteiger partial charge in [0.25, 0.3) is 0 Å². The molecule has 0 aliphatic heterocycles. The summed E-state index contributed by atoms with van der Waals surface area (Å²) >= 11 is 0. The highest BCUT2D eigenvalue weighted by molar-refractivity contribution is 5.63. The van der Waals surface area contributed by atoms with Crippen LogP contribution in [0.5, 0.6) is 0 Å². The van der Waals surface area contributed by atoms with Crippen LogP contribution in [-0.4, -0.2) is 6.54 Å². The largest absolute Gasteiger partial charge is 0.312 e. The van der Waals surface area contributed by atoms with Gasteiger partial charge in [-0.05, 0) is 22.1 Å². The van der Waals surface area contributed by atoms with Gasteiger partial charge in [0, 0.05) is 13.1 Å². The Bertz CT molecular complexity index is 491. The second-order valence-electron chi connectivity index (χ2n) is 6.23. The zero-order chi connectivity index (χ0) is 13.7. The third kappa shape index (κ3) is 4.53. The number of benzene rings is 2. The van der Waals surface area contributed by atoms with Crippen molar-refractivity contribution in [3.8, 4) is 11.1 Å². The van der Waals surface area contributed by atoms with Crippen molar-refractivity contribution in [1.29, 1.82) is 0 Å². The summed E-state index contributed by atoms with van der Waals surface area (Å²) in [5.74, 6) is 0. The summed E-state index contributed by atoms with van der Waals surface area (Å²) in [5, 5.41) is 3.50. The van der Waals surface area contributed by atoms with Crippen LogP contribution in [0, 0.1) is 5.41 Å². The van der Waals surface area contributed by atoms with Crippen molar-refractivity contribution < 1.29 is 0 Å². The predicted octanol–water partition coefficient (Wildman–Crippen LogP) is 4.49. The van der Waals surface area contributed by atoms with E-state index in [1.165, 1.54) is 16.7 Å². The maximum Gasteiger partial charge on any atom is 0.0205 e. The minimum Gasteiger partial charge on any atom is -0.312 e. The lowest BCUT2D eigenvalue weighted by Crippen LogP contribution is -2.26. The van der Waals surface area contributed by atoms with Gasteiger partial charge in [0.2, 0.25) is 0 Å². The second-order valence-corrected chi connectivity index (χ2v) is 6.23. The van der Waals surface area contributed by atoms with Crippen molar-refractivity contribution in [3.63, 3.8) is 0 Å². The molecule has 0 unspecified atom stereocenters. The molecule has 1 heteroatoms. The fourth-order valence-electron chi connectivity index (χ4n) is 2.03. The van der Waals surface area contributed by atoms with Gasteiger partial charge in [-0.3, -0.25) is 0 Å². The van der Waals surface area contributed by atoms with E-state index in [4.69, 9.17) is 0 Å². The molecular formula is C18H23N. The number of rotatable bonds is 4. The molecule has 2 aromatic carbocycles. The second kappa shape index (κ2) is 6.03. The molecule has 0 radical (unpaired) electrons. The van der Waals surface area contributed by atoms with E-state index in [1.807, 2.05) is 6.07 Å². The van der Waals surface area contributed by atoms with Gasteiger partial charge in [-0.2, -0.15) is 0 Å². The SMILES string of the molecule is CC(C)(C)CNCc1ccc(-c2ccccc2)cc1. The van der Waals surface area contributed by atoms with Gasteiger partial charge in [-0.1, -0.05) is 75.4 Å². The van der Waals surface area contributed by atoms with Gasteiger partial charge in [0.15, 0.2) is 0 Å². The van der Waals surface area contributed by atoms with Crippen LogP contribution in [-0.2, 0) is 6.54 Å². The molecule has 0 amide bonds. The van der Waals surface area contributed by atoms with E-state index < -0.39 is 0 Å². The first kappa shape index (κ1) is 13.8. The monoisotopic (exact) mass is 253 g/mol. The maximum absolute atomic E-state index is 3.50. The van der Waals surface area contributed by atoms with E-state index in [9.17, 15) is 0 Å². The van der Waals surface area contributed by atoms with Gasteiger partial charge in [0.1, 0.15) is 0 Å². The minimum atomic E-state index is 0.337. The highest BCUT2D eigenvalue weighted by Gasteiger charge is 2.08. The molecule has 0 bridgehead atoms. The Morgan fingerprint density at radius 3 is 1.95 bits per heavy atom. The molecule has 1 N–H and O–H groups in total. The first-order valence-electron chi connectivity index (χ1n) is 6.90. The lowest BCUT2D eigenvalue weighted by Gasteiger charge is -2.18. The van der Waals surface area contributed by atoms with Crippen LogP contribution in [0.4, 0.5) is 0 Å². The lowest BCUT2D eigenvalue weighted by molar-refractivity contribution is 0.379. The highest BCUT2D eigenvalue weighted by Crippen LogP contribution is 2.19. The molecule has 0 atom stereocenters. The molecular weight excluding hydrogens is 230 g/mol. The summed E-state index contributed by atoms with van der Waals surface area (Å²) in [6.07, 6.45) is 0. The summed E-state index contributed by atoms with van der Waals surface area (Å²) in [7, 11) is 0. The third-order valence-electron chi connectivity index (χ3n) is 3.05. The fraction of sp³-hybridized carbons (Fsp3) is 0.333. The molecule has 0 saturated carbocycles. The Morgan fingerprint density at radius 1 is 0.789 bits per heavy atom. The van der Waals surface area contributed by atoms with Crippen molar-refractivity contribution in [3.05, 3.63) is 60.2 Å². The average Bonchev–Trinajstić information content (AvgIpc) is 2.39. The normalized spacial score (nSPS) is 11.5. The Hall–Kier alpha value is -1.60. The molecule has 2 rings (SSSR count). The van der Waals surface area contributed by atoms with E-state index in [0.717, 1.165) is 13.1 Å². The van der Waals surface area contributed by atoms with Crippen LogP contribution in [0.1, 0.15) is 26.3 Å². The van der Waals surface area contributed by atoms with E-state index in [-0.39, 0.29) is 0 Å². The van der Waals surface area contributed by atoms with Crippen LogP contribution >= 0.6 is 0 Å². The van der Waals surface area contributed by atoms with E-state index in [1.54, 1.807) is 0 Å². The molecule has 0 saturated heterocycles. The summed E-state index contributed by atoms with van der Waals surface area (Å²) in [6, 6.07) is 19.3. The zero-order valence-corrected chi connectivity index (χ0v) is 12.1. The quantitative estimate of drug-likeness (QED) is 0.846. The van der Waals surface area contributed by atoms with Gasteiger partial charge in [-0.15, -0.1) is 0 Å². The molecule has 0 heterocycles. The molecule has 19 heavy (non-hydrogen) atoms. The fourth-order valence-corrected chi connectivity index (χ4v) is 2.03. The first-order valence-corrected chi connectivity index (χ1v) is 6.90. The van der Waals surface area contributed by atoms with Crippen molar-refractivity contribution >= 4 is 0 Å². The average molecular weight is 253 g/mol. The summed E-state index contributed by atoms with van der Waals surface area (Å²) in [6.45, 7) is 8.72. The van der Waals surface area contributed by atoms with Gasteiger partial charge >= 0.3 is 0 Å². The van der Waals surface area contributed by atoms with E-state index in [0.29, 0.717) is 5.41 Å². The molecule has 0 aliphatic carbocycles. The van der Waals surface area contributed by atoms with E-state index >= 15 is 0 Å². The molecule has 0 aromatic heterocycles. The van der Waals surface area contributed by atoms with Gasteiger partial charge in [0.05, 0.1) is 0 Å². The van der Waals surface area contributed by atoms with Crippen LogP contribution in [0.2, 0.25) is 0 Å². The molecule has 2 aromatic rings. The van der Waals surface area contributed by atoms with Crippen molar-refractivity contribution in [2.45, 2.75) is 27.3 Å². The topological polar surface area (TPSA) is 12.0 Å². The van der Waals surface area contributed by atoms with Crippen LogP contribution in [0.3, 0.4) is 0 Å². The minimum absolute atomic E-state index is 0.337. The maximum atomic E-state index is 3.50. The van der Waals surface area contributed by atoms with Crippen molar-refractivity contribution in [1.82, 2.24) is 5.32 Å². The Labute approximate surface area is 116 Å². The van der Waals surface area contributed by atoms with Crippen molar-refractivity contribution in [2.75, 3.05) is 6.54 Å². The summed E-state index contributed by atoms with van der Waals surface area (Å²) < 4.78 is 0. The van der Waals surface area contributed by atoms with Crippen LogP contribution < -0.4 is 5.32 Å². The molecule has 0 fully saturated rings. The lowest BCUT2D eigenvalue weighted by atomic mass is 9.97. The number of hydrogen-bond donors (Lipinski definition) is 1.